The molecule has 1 atom stereocenters. The van der Waals surface area contributed by atoms with Crippen LogP contribution < -0.4 is 43.7 Å². The molecule has 1 N–H and O–H groups in total. The molecule has 13 heteroatoms. The number of aromatic nitrogens is 1. The van der Waals surface area contributed by atoms with Gasteiger partial charge in [-0.3, -0.25) is 19.7 Å². The van der Waals surface area contributed by atoms with Gasteiger partial charge in [-0.1, -0.05) is 18.2 Å². The average molecular weight is 445 g/mol. The van der Waals surface area contributed by atoms with Crippen LogP contribution in [0.3, 0.4) is 0 Å². The van der Waals surface area contributed by atoms with Crippen molar-refractivity contribution >= 4 is 34.2 Å². The van der Waals surface area contributed by atoms with Crippen LogP contribution in [0.25, 0.3) is 10.9 Å². The minimum Gasteiger partial charge on any atom is -0.768 e. The molecule has 0 amide bonds. The summed E-state index contributed by atoms with van der Waals surface area (Å²) in [6.07, 6.45) is 0.424. The van der Waals surface area contributed by atoms with Crippen molar-refractivity contribution in [2.45, 2.75) is 4.90 Å². The number of nitrogens with zero attached hydrogens (tertiary/aromatic N) is 2. The van der Waals surface area contributed by atoms with Crippen molar-refractivity contribution in [1.82, 2.24) is 9.71 Å². The maximum absolute atomic E-state index is 12.5. The zero-order valence-corrected chi connectivity index (χ0v) is 18.8. The van der Waals surface area contributed by atoms with Crippen LogP contribution in [-0.2, 0) is 14.6 Å². The molecule has 1 unspecified atom stereocenters. The van der Waals surface area contributed by atoms with Crippen molar-refractivity contribution in [3.05, 3.63) is 70.9 Å². The summed E-state index contributed by atoms with van der Waals surface area (Å²) in [5.41, 5.74) is -0.0354. The molecule has 1 heterocycles. The second-order valence-electron chi connectivity index (χ2n) is 5.59. The SMILES string of the molecule is O=[N+]([O-])c1ccc(OP(=O)([O-])CNS(=O)(=O)c2cccc3cccnc23)cc1.[Na+]. The van der Waals surface area contributed by atoms with Crippen molar-refractivity contribution in [1.29, 1.82) is 0 Å². The first-order valence-electron chi connectivity index (χ1n) is 7.75. The van der Waals surface area contributed by atoms with Gasteiger partial charge in [-0.2, -0.15) is 0 Å². The number of nitro benzene ring substituents is 1. The summed E-state index contributed by atoms with van der Waals surface area (Å²) in [5, 5.41) is 11.2. The molecule has 0 aliphatic rings. The molecule has 0 bridgehead atoms. The molecule has 2 aromatic carbocycles. The number of para-hydroxylation sites is 1. The van der Waals surface area contributed by atoms with Crippen molar-refractivity contribution in [2.24, 2.45) is 0 Å². The summed E-state index contributed by atoms with van der Waals surface area (Å²) in [7, 11) is -8.85. The smallest absolute Gasteiger partial charge is 0.768 e. The van der Waals surface area contributed by atoms with Gasteiger partial charge in [0.15, 0.2) is 7.60 Å². The van der Waals surface area contributed by atoms with Crippen LogP contribution in [0, 0.1) is 10.1 Å². The third kappa shape index (κ3) is 5.83. The molecule has 0 aliphatic carbocycles. The molecule has 0 spiro atoms. The first-order chi connectivity index (χ1) is 13.2. The first-order valence-corrected chi connectivity index (χ1v) is 11.0. The predicted octanol–water partition coefficient (Wildman–Crippen LogP) is -0.985. The van der Waals surface area contributed by atoms with Gasteiger partial charge in [-0.05, 0) is 24.3 Å². The summed E-state index contributed by atoms with van der Waals surface area (Å²) in [4.78, 5) is 25.9. The zero-order valence-electron chi connectivity index (χ0n) is 15.1. The van der Waals surface area contributed by atoms with E-state index in [2.05, 4.69) is 4.98 Å². The van der Waals surface area contributed by atoms with Crippen LogP contribution in [0.5, 0.6) is 5.75 Å². The Balaban J connectivity index is 0.00000300. The van der Waals surface area contributed by atoms with Gasteiger partial charge in [0, 0.05) is 23.7 Å². The third-order valence-corrected chi connectivity index (χ3v) is 6.31. The number of hydrogen-bond donors (Lipinski definition) is 1. The van der Waals surface area contributed by atoms with Gasteiger partial charge >= 0.3 is 29.6 Å². The van der Waals surface area contributed by atoms with Gasteiger partial charge in [-0.25, -0.2) is 13.1 Å². The van der Waals surface area contributed by atoms with Gasteiger partial charge in [-0.15, -0.1) is 0 Å². The van der Waals surface area contributed by atoms with E-state index in [0.717, 1.165) is 24.3 Å². The molecule has 10 nitrogen and oxygen atoms in total. The topological polar surface area (TPSA) is 152 Å². The van der Waals surface area contributed by atoms with Crippen molar-refractivity contribution in [2.75, 3.05) is 6.29 Å². The van der Waals surface area contributed by atoms with Gasteiger partial charge in [0.25, 0.3) is 5.69 Å². The van der Waals surface area contributed by atoms with Gasteiger partial charge in [0.05, 0.1) is 16.7 Å². The van der Waals surface area contributed by atoms with Crippen molar-refractivity contribution < 1.29 is 56.9 Å². The maximum atomic E-state index is 12.5. The van der Waals surface area contributed by atoms with E-state index < -0.39 is 28.8 Å². The molecular formula is C16H13N3NaO7PS. The largest absolute Gasteiger partial charge is 1.00 e. The number of hydrogen-bond acceptors (Lipinski definition) is 8. The maximum Gasteiger partial charge on any atom is 1.00 e. The Kier molecular flexibility index (Phi) is 7.52. The number of nitro groups is 1. The Labute approximate surface area is 188 Å². The minimum atomic E-state index is -4.66. The van der Waals surface area contributed by atoms with Gasteiger partial charge < -0.3 is 9.42 Å². The van der Waals surface area contributed by atoms with Crippen LogP contribution in [0.1, 0.15) is 0 Å². The Morgan fingerprint density at radius 3 is 2.41 bits per heavy atom. The summed E-state index contributed by atoms with van der Waals surface area (Å²) in [5.74, 6) is -0.171. The number of nitrogens with one attached hydrogen (secondary N) is 1. The molecule has 3 aromatic rings. The standard InChI is InChI=1S/C16H14N3O7PS.Na/c20-19(21)13-6-8-14(9-7-13)26-27(22,23)11-18-28(24,25)15-5-1-3-12-4-2-10-17-16(12)15;/h1-10,18H,11H2,(H,22,23);/q;+1/p-1. The molecule has 0 saturated carbocycles. The summed E-state index contributed by atoms with van der Waals surface area (Å²) < 4.78 is 43.9. The van der Waals surface area contributed by atoms with E-state index in [1.807, 2.05) is 4.72 Å². The minimum absolute atomic E-state index is 0. The van der Waals surface area contributed by atoms with Gasteiger partial charge in [0.1, 0.15) is 10.6 Å². The Hall–Kier alpha value is -1.85. The normalized spacial score (nSPS) is 13.3. The molecule has 3 rings (SSSR count). The summed E-state index contributed by atoms with van der Waals surface area (Å²) in [6.45, 7) is 0. The van der Waals surface area contributed by atoms with E-state index >= 15 is 0 Å². The molecule has 0 aliphatic heterocycles. The third-order valence-electron chi connectivity index (χ3n) is 3.63. The second kappa shape index (κ2) is 9.31. The fraction of sp³-hybridized carbons (Fsp3) is 0.0625. The quantitative estimate of drug-likeness (QED) is 0.211. The summed E-state index contributed by atoms with van der Waals surface area (Å²) in [6, 6.07) is 12.2. The molecule has 146 valence electrons. The number of benzene rings is 2. The molecular weight excluding hydrogens is 432 g/mol. The van der Waals surface area contributed by atoms with Crippen LogP contribution in [0.2, 0.25) is 0 Å². The zero-order chi connectivity index (χ0) is 20.4. The fourth-order valence-electron chi connectivity index (χ4n) is 2.36. The van der Waals surface area contributed by atoms with Crippen LogP contribution in [-0.4, -0.2) is 24.6 Å². The van der Waals surface area contributed by atoms with E-state index in [1.165, 1.54) is 18.3 Å². The number of fused-ring (bicyclic) bond motifs is 1. The van der Waals surface area contributed by atoms with Crippen LogP contribution in [0.15, 0.2) is 65.7 Å². The Bertz CT molecular complexity index is 1180. The van der Waals surface area contributed by atoms with E-state index in [0.29, 0.717) is 5.39 Å². The fourth-order valence-corrected chi connectivity index (χ4v) is 5.01. The van der Waals surface area contributed by atoms with E-state index in [9.17, 15) is 28.0 Å². The number of rotatable bonds is 7. The number of non-ortho nitro benzene ring substituents is 1. The monoisotopic (exact) mass is 445 g/mol. The van der Waals surface area contributed by atoms with Crippen LogP contribution in [0.4, 0.5) is 5.69 Å². The summed E-state index contributed by atoms with van der Waals surface area (Å²) >= 11 is 0. The molecule has 29 heavy (non-hydrogen) atoms. The second-order valence-corrected chi connectivity index (χ2v) is 9.05. The molecule has 0 fully saturated rings. The van der Waals surface area contributed by atoms with E-state index in [-0.39, 0.29) is 51.4 Å². The molecule has 0 radical (unpaired) electrons. The van der Waals surface area contributed by atoms with Gasteiger partial charge in [0.2, 0.25) is 10.0 Å². The van der Waals surface area contributed by atoms with Crippen molar-refractivity contribution in [3.63, 3.8) is 0 Å². The predicted molar refractivity (Wildman–Crippen MR) is 98.3 cm³/mol. The van der Waals surface area contributed by atoms with Crippen LogP contribution >= 0.6 is 7.60 Å². The average Bonchev–Trinajstić information content (AvgIpc) is 2.66. The molecule has 0 saturated heterocycles. The first kappa shape index (κ1) is 23.4. The van der Waals surface area contributed by atoms with E-state index in [4.69, 9.17) is 4.52 Å². The number of pyridine rings is 1. The molecule has 1 aromatic heterocycles. The number of sulfonamides is 1. The van der Waals surface area contributed by atoms with Crippen molar-refractivity contribution in [3.8, 4) is 5.75 Å². The van der Waals surface area contributed by atoms with E-state index in [1.54, 1.807) is 18.2 Å². The Morgan fingerprint density at radius 2 is 1.76 bits per heavy atom. The Morgan fingerprint density at radius 1 is 1.10 bits per heavy atom.